The molecule has 1 aliphatic heterocycles. The number of halogens is 2. The van der Waals surface area contributed by atoms with E-state index >= 15 is 0 Å². The zero-order valence-electron chi connectivity index (χ0n) is 14.3. The lowest BCUT2D eigenvalue weighted by Crippen LogP contribution is -2.48. The van der Waals surface area contributed by atoms with E-state index in [0.717, 1.165) is 11.3 Å². The molecule has 1 saturated heterocycles. The van der Waals surface area contributed by atoms with Crippen molar-refractivity contribution in [2.24, 2.45) is 0 Å². The van der Waals surface area contributed by atoms with Gasteiger partial charge in [0.1, 0.15) is 18.2 Å². The Morgan fingerprint density at radius 1 is 1.12 bits per heavy atom. The van der Waals surface area contributed by atoms with E-state index in [4.69, 9.17) is 21.4 Å². The molecule has 1 heterocycles. The van der Waals surface area contributed by atoms with Crippen LogP contribution in [0.25, 0.3) is 0 Å². The Kier molecular flexibility index (Phi) is 6.32. The molecule has 0 saturated carbocycles. The number of hydrogen-bond donors (Lipinski definition) is 2. The first-order chi connectivity index (χ1) is 12.6. The Labute approximate surface area is 157 Å². The first-order valence-corrected chi connectivity index (χ1v) is 8.88. The van der Waals surface area contributed by atoms with Crippen LogP contribution >= 0.6 is 11.6 Å². The molecule has 140 valence electrons. The summed E-state index contributed by atoms with van der Waals surface area (Å²) in [5.74, 6) is 0.318. The number of anilines is 1. The van der Waals surface area contributed by atoms with Gasteiger partial charge in [-0.3, -0.25) is 4.90 Å². The number of aliphatic hydroxyl groups is 2. The predicted molar refractivity (Wildman–Crippen MR) is 99.2 cm³/mol. The summed E-state index contributed by atoms with van der Waals surface area (Å²) >= 11 is 6.48. The third-order valence-electron chi connectivity index (χ3n) is 4.51. The molecule has 0 aliphatic carbocycles. The molecule has 0 aromatic heterocycles. The molecule has 2 N–H and O–H groups in total. The van der Waals surface area contributed by atoms with Crippen LogP contribution in [-0.4, -0.2) is 54.7 Å². The topological polar surface area (TPSA) is 56.2 Å². The van der Waals surface area contributed by atoms with Crippen LogP contribution in [-0.2, 0) is 0 Å². The third kappa shape index (κ3) is 4.27. The van der Waals surface area contributed by atoms with Crippen LogP contribution in [0.2, 0.25) is 5.02 Å². The van der Waals surface area contributed by atoms with E-state index in [1.807, 2.05) is 17.0 Å². The van der Waals surface area contributed by atoms with Crippen molar-refractivity contribution in [2.75, 3.05) is 44.5 Å². The molecule has 1 fully saturated rings. The van der Waals surface area contributed by atoms with Gasteiger partial charge in [0.2, 0.25) is 0 Å². The Morgan fingerprint density at radius 3 is 2.54 bits per heavy atom. The molecule has 0 bridgehead atoms. The first kappa shape index (κ1) is 18.9. The predicted octanol–water partition coefficient (Wildman–Crippen LogP) is 2.66. The van der Waals surface area contributed by atoms with Crippen molar-refractivity contribution in [3.8, 4) is 5.75 Å². The van der Waals surface area contributed by atoms with Crippen molar-refractivity contribution in [1.29, 1.82) is 0 Å². The zero-order valence-corrected chi connectivity index (χ0v) is 15.1. The second kappa shape index (κ2) is 8.68. The molecule has 1 atom stereocenters. The molecular weight excluding hydrogens is 359 g/mol. The molecule has 0 amide bonds. The fraction of sp³-hybridized carbons (Fsp3) is 0.368. The molecule has 0 radical (unpaired) electrons. The molecule has 2 aromatic rings. The lowest BCUT2D eigenvalue weighted by molar-refractivity contribution is 0.0883. The lowest BCUT2D eigenvalue weighted by atomic mass is 10.0. The summed E-state index contributed by atoms with van der Waals surface area (Å²) in [7, 11) is 0. The number of benzene rings is 2. The summed E-state index contributed by atoms with van der Waals surface area (Å²) in [5, 5.41) is 18.9. The van der Waals surface area contributed by atoms with Crippen molar-refractivity contribution < 1.29 is 19.3 Å². The third-order valence-corrected chi connectivity index (χ3v) is 4.81. The molecule has 3 rings (SSSR count). The van der Waals surface area contributed by atoms with E-state index in [1.54, 1.807) is 18.2 Å². The van der Waals surface area contributed by atoms with Gasteiger partial charge in [0.25, 0.3) is 0 Å². The maximum absolute atomic E-state index is 13.3. The summed E-state index contributed by atoms with van der Waals surface area (Å²) < 4.78 is 18.7. The van der Waals surface area contributed by atoms with Gasteiger partial charge in [-0.1, -0.05) is 23.7 Å². The quantitative estimate of drug-likeness (QED) is 0.807. The zero-order chi connectivity index (χ0) is 18.5. The van der Waals surface area contributed by atoms with Gasteiger partial charge in [-0.15, -0.1) is 0 Å². The van der Waals surface area contributed by atoms with Gasteiger partial charge < -0.3 is 19.8 Å². The van der Waals surface area contributed by atoms with Crippen LogP contribution in [0.5, 0.6) is 5.75 Å². The summed E-state index contributed by atoms with van der Waals surface area (Å²) in [6.07, 6.45) is 0. The van der Waals surface area contributed by atoms with Gasteiger partial charge in [0.15, 0.2) is 0 Å². The Bertz CT molecular complexity index is 729. The van der Waals surface area contributed by atoms with E-state index in [2.05, 4.69) is 4.90 Å². The van der Waals surface area contributed by atoms with Crippen molar-refractivity contribution >= 4 is 17.3 Å². The number of piperazine rings is 1. The Balaban J connectivity index is 1.89. The van der Waals surface area contributed by atoms with Gasteiger partial charge in [-0.2, -0.15) is 0 Å². The monoisotopic (exact) mass is 380 g/mol. The SMILES string of the molecule is OCCOc1ccc(N2CCN(CO)C[C@H]2c2ccc(F)cc2)c(Cl)c1. The van der Waals surface area contributed by atoms with Crippen LogP contribution in [0.4, 0.5) is 10.1 Å². The molecule has 5 nitrogen and oxygen atoms in total. The minimum Gasteiger partial charge on any atom is -0.491 e. The average Bonchev–Trinajstić information content (AvgIpc) is 2.67. The summed E-state index contributed by atoms with van der Waals surface area (Å²) in [6.45, 7) is 2.12. The number of aliphatic hydroxyl groups excluding tert-OH is 2. The normalized spacial score (nSPS) is 18.2. The highest BCUT2D eigenvalue weighted by Crippen LogP contribution is 2.37. The van der Waals surface area contributed by atoms with E-state index in [-0.39, 0.29) is 31.8 Å². The number of hydrogen-bond acceptors (Lipinski definition) is 5. The fourth-order valence-electron chi connectivity index (χ4n) is 3.20. The van der Waals surface area contributed by atoms with Crippen molar-refractivity contribution in [1.82, 2.24) is 4.90 Å². The highest BCUT2D eigenvalue weighted by atomic mass is 35.5. The molecule has 1 aliphatic rings. The average molecular weight is 381 g/mol. The minimum absolute atomic E-state index is 0.0206. The van der Waals surface area contributed by atoms with E-state index in [9.17, 15) is 9.50 Å². The molecule has 7 heteroatoms. The maximum atomic E-state index is 13.3. The molecule has 2 aromatic carbocycles. The van der Waals surface area contributed by atoms with E-state index in [1.165, 1.54) is 12.1 Å². The van der Waals surface area contributed by atoms with Crippen LogP contribution < -0.4 is 9.64 Å². The Hall–Kier alpha value is -1.86. The van der Waals surface area contributed by atoms with Crippen LogP contribution in [0.15, 0.2) is 42.5 Å². The summed E-state index contributed by atoms with van der Waals surface area (Å²) in [4.78, 5) is 4.11. The second-order valence-electron chi connectivity index (χ2n) is 6.16. The number of ether oxygens (including phenoxy) is 1. The molecule has 0 spiro atoms. The van der Waals surface area contributed by atoms with Gasteiger partial charge in [-0.25, -0.2) is 4.39 Å². The van der Waals surface area contributed by atoms with Crippen LogP contribution in [0, 0.1) is 5.82 Å². The minimum atomic E-state index is -0.279. The van der Waals surface area contributed by atoms with E-state index in [0.29, 0.717) is 30.4 Å². The molecule has 0 unspecified atom stereocenters. The smallest absolute Gasteiger partial charge is 0.123 e. The van der Waals surface area contributed by atoms with Crippen LogP contribution in [0.3, 0.4) is 0 Å². The summed E-state index contributed by atoms with van der Waals surface area (Å²) in [6, 6.07) is 11.8. The Morgan fingerprint density at radius 2 is 1.88 bits per heavy atom. The highest BCUT2D eigenvalue weighted by molar-refractivity contribution is 6.33. The standard InChI is InChI=1S/C19H22ClFN2O3/c20-17-11-16(26-10-9-24)5-6-18(17)23-8-7-22(13-25)12-19(23)14-1-3-15(21)4-2-14/h1-6,11,19,24-25H,7-10,12-13H2/t19-/m0/s1. The van der Waals surface area contributed by atoms with Gasteiger partial charge in [0.05, 0.1) is 30.1 Å². The lowest BCUT2D eigenvalue weighted by Gasteiger charge is -2.42. The second-order valence-corrected chi connectivity index (χ2v) is 6.57. The van der Waals surface area contributed by atoms with Crippen LogP contribution in [0.1, 0.15) is 11.6 Å². The first-order valence-electron chi connectivity index (χ1n) is 8.51. The van der Waals surface area contributed by atoms with Crippen molar-refractivity contribution in [3.05, 3.63) is 58.9 Å². The molecular formula is C19H22ClFN2O3. The molecule has 26 heavy (non-hydrogen) atoms. The van der Waals surface area contributed by atoms with Crippen molar-refractivity contribution in [2.45, 2.75) is 6.04 Å². The summed E-state index contributed by atoms with van der Waals surface area (Å²) in [5.41, 5.74) is 1.82. The van der Waals surface area contributed by atoms with Gasteiger partial charge in [-0.05, 0) is 29.8 Å². The van der Waals surface area contributed by atoms with E-state index < -0.39 is 0 Å². The maximum Gasteiger partial charge on any atom is 0.123 e. The highest BCUT2D eigenvalue weighted by Gasteiger charge is 2.29. The number of rotatable bonds is 6. The number of nitrogens with zero attached hydrogens (tertiary/aromatic N) is 2. The van der Waals surface area contributed by atoms with Gasteiger partial charge in [0, 0.05) is 25.7 Å². The van der Waals surface area contributed by atoms with Crippen molar-refractivity contribution in [3.63, 3.8) is 0 Å². The van der Waals surface area contributed by atoms with Gasteiger partial charge >= 0.3 is 0 Å². The fourth-order valence-corrected chi connectivity index (χ4v) is 3.48. The largest absolute Gasteiger partial charge is 0.491 e.